The molecular formula is C20H20ClFN4O5S. The average molecular weight is 483 g/mol. The Morgan fingerprint density at radius 3 is 2.56 bits per heavy atom. The molecule has 0 unspecified atom stereocenters. The SMILES string of the molecule is Cc1ccc(F)c([C@@H](C)[C@@H](NS(=O)(=O)c2ccc(Cl)cc2C(N)=O)c2n[nH]c(=O)o2)c1C. The van der Waals surface area contributed by atoms with Crippen molar-refractivity contribution in [3.8, 4) is 0 Å². The van der Waals surface area contributed by atoms with Crippen LogP contribution in [0.25, 0.3) is 0 Å². The number of benzene rings is 2. The highest BCUT2D eigenvalue weighted by molar-refractivity contribution is 7.89. The second-order valence-electron chi connectivity index (χ2n) is 7.25. The van der Waals surface area contributed by atoms with Crippen molar-refractivity contribution in [3.05, 3.63) is 79.9 Å². The Labute approximate surface area is 187 Å². The van der Waals surface area contributed by atoms with Crippen molar-refractivity contribution in [2.24, 2.45) is 5.73 Å². The molecular weight excluding hydrogens is 463 g/mol. The van der Waals surface area contributed by atoms with Crippen LogP contribution in [0.2, 0.25) is 5.02 Å². The maximum atomic E-state index is 14.8. The minimum absolute atomic E-state index is 0.110. The van der Waals surface area contributed by atoms with Crippen LogP contribution in [-0.4, -0.2) is 24.5 Å². The van der Waals surface area contributed by atoms with Crippen LogP contribution in [-0.2, 0) is 10.0 Å². The molecule has 3 rings (SSSR count). The van der Waals surface area contributed by atoms with E-state index in [1.165, 1.54) is 12.1 Å². The highest BCUT2D eigenvalue weighted by Gasteiger charge is 2.34. The molecule has 32 heavy (non-hydrogen) atoms. The molecule has 1 aromatic heterocycles. The summed E-state index contributed by atoms with van der Waals surface area (Å²) >= 11 is 5.87. The van der Waals surface area contributed by atoms with Crippen LogP contribution in [0.4, 0.5) is 4.39 Å². The lowest BCUT2D eigenvalue weighted by Crippen LogP contribution is -2.34. The fourth-order valence-corrected chi connectivity index (χ4v) is 5.07. The lowest BCUT2D eigenvalue weighted by atomic mass is 9.88. The second kappa shape index (κ2) is 8.85. The van der Waals surface area contributed by atoms with Crippen molar-refractivity contribution < 1.29 is 22.0 Å². The lowest BCUT2D eigenvalue weighted by Gasteiger charge is -2.25. The van der Waals surface area contributed by atoms with E-state index in [4.69, 9.17) is 21.8 Å². The van der Waals surface area contributed by atoms with Gasteiger partial charge in [0.15, 0.2) is 0 Å². The fourth-order valence-electron chi connectivity index (χ4n) is 3.43. The molecule has 3 aromatic rings. The van der Waals surface area contributed by atoms with Crippen molar-refractivity contribution in [2.45, 2.75) is 37.6 Å². The van der Waals surface area contributed by atoms with Gasteiger partial charge in [0, 0.05) is 10.9 Å². The second-order valence-corrected chi connectivity index (χ2v) is 9.37. The quantitative estimate of drug-likeness (QED) is 0.471. The summed E-state index contributed by atoms with van der Waals surface area (Å²) < 4.78 is 48.6. The van der Waals surface area contributed by atoms with Crippen molar-refractivity contribution in [2.75, 3.05) is 0 Å². The van der Waals surface area contributed by atoms with Crippen LogP contribution in [0.1, 0.15) is 51.8 Å². The van der Waals surface area contributed by atoms with E-state index in [0.717, 1.165) is 17.7 Å². The zero-order valence-corrected chi connectivity index (χ0v) is 18.8. The van der Waals surface area contributed by atoms with E-state index in [1.54, 1.807) is 26.8 Å². The number of primary amides is 1. The number of carbonyl (C=O) groups is 1. The first-order valence-electron chi connectivity index (χ1n) is 9.35. The predicted octanol–water partition coefficient (Wildman–Crippen LogP) is 2.69. The Bertz CT molecular complexity index is 1350. The molecule has 0 saturated carbocycles. The van der Waals surface area contributed by atoms with Crippen LogP contribution >= 0.6 is 11.6 Å². The summed E-state index contributed by atoms with van der Waals surface area (Å²) in [6.07, 6.45) is 0. The Hall–Kier alpha value is -3.02. The molecule has 170 valence electrons. The number of sulfonamides is 1. The Morgan fingerprint density at radius 2 is 1.97 bits per heavy atom. The van der Waals surface area contributed by atoms with Crippen molar-refractivity contribution in [1.29, 1.82) is 0 Å². The topological polar surface area (TPSA) is 148 Å². The first-order chi connectivity index (χ1) is 14.9. The molecule has 12 heteroatoms. The van der Waals surface area contributed by atoms with Gasteiger partial charge in [-0.25, -0.2) is 22.7 Å². The normalized spacial score (nSPS) is 13.7. The van der Waals surface area contributed by atoms with Crippen LogP contribution in [0.3, 0.4) is 0 Å². The highest BCUT2D eigenvalue weighted by Crippen LogP contribution is 2.35. The lowest BCUT2D eigenvalue weighted by molar-refractivity contribution is 0.0997. The first-order valence-corrected chi connectivity index (χ1v) is 11.2. The smallest absolute Gasteiger partial charge is 0.391 e. The number of nitrogens with one attached hydrogen (secondary N) is 2. The molecule has 9 nitrogen and oxygen atoms in total. The highest BCUT2D eigenvalue weighted by atomic mass is 35.5. The van der Waals surface area contributed by atoms with Gasteiger partial charge in [0.25, 0.3) is 0 Å². The summed E-state index contributed by atoms with van der Waals surface area (Å²) in [7, 11) is -4.43. The molecule has 0 bridgehead atoms. The van der Waals surface area contributed by atoms with Crippen LogP contribution < -0.4 is 16.2 Å². The number of hydrogen-bond acceptors (Lipinski definition) is 6. The predicted molar refractivity (Wildman–Crippen MR) is 114 cm³/mol. The Kier molecular flexibility index (Phi) is 6.54. The van der Waals surface area contributed by atoms with Gasteiger partial charge in [-0.1, -0.05) is 24.6 Å². The van der Waals surface area contributed by atoms with Crippen molar-refractivity contribution >= 4 is 27.5 Å². The number of amides is 1. The van der Waals surface area contributed by atoms with E-state index >= 15 is 0 Å². The molecule has 0 spiro atoms. The third kappa shape index (κ3) is 4.59. The molecule has 1 heterocycles. The molecule has 0 aliphatic carbocycles. The molecule has 0 saturated heterocycles. The van der Waals surface area contributed by atoms with Gasteiger partial charge in [0.05, 0.1) is 10.5 Å². The summed E-state index contributed by atoms with van der Waals surface area (Å²) in [6, 6.07) is 5.08. The molecule has 2 aromatic carbocycles. The molecule has 4 N–H and O–H groups in total. The van der Waals surface area contributed by atoms with E-state index in [9.17, 15) is 22.4 Å². The first kappa shape index (κ1) is 23.6. The number of H-pyrrole nitrogens is 1. The number of carbonyl (C=O) groups excluding carboxylic acids is 1. The fraction of sp³-hybridized carbons (Fsp3) is 0.250. The van der Waals surface area contributed by atoms with Gasteiger partial charge in [-0.05, 0) is 54.8 Å². The third-order valence-corrected chi connectivity index (χ3v) is 6.92. The molecule has 0 aliphatic heterocycles. The number of hydrogen-bond donors (Lipinski definition) is 3. The number of halogens is 2. The van der Waals surface area contributed by atoms with Gasteiger partial charge in [0.2, 0.25) is 21.8 Å². The summed E-state index contributed by atoms with van der Waals surface area (Å²) in [5.41, 5.74) is 6.58. The summed E-state index contributed by atoms with van der Waals surface area (Å²) in [5.74, 6) is -3.65. The molecule has 0 fully saturated rings. The van der Waals surface area contributed by atoms with Gasteiger partial charge >= 0.3 is 5.76 Å². The van der Waals surface area contributed by atoms with Gasteiger partial charge < -0.3 is 10.2 Å². The summed E-state index contributed by atoms with van der Waals surface area (Å²) in [6.45, 7) is 5.04. The molecule has 1 amide bonds. The summed E-state index contributed by atoms with van der Waals surface area (Å²) in [5, 5.41) is 5.90. The molecule has 2 atom stereocenters. The van der Waals surface area contributed by atoms with E-state index in [0.29, 0.717) is 5.56 Å². The van der Waals surface area contributed by atoms with E-state index in [-0.39, 0.29) is 22.0 Å². The number of nitrogens with zero attached hydrogens (tertiary/aromatic N) is 1. The van der Waals surface area contributed by atoms with E-state index in [2.05, 4.69) is 14.9 Å². The van der Waals surface area contributed by atoms with Crippen LogP contribution in [0, 0.1) is 19.7 Å². The Morgan fingerprint density at radius 1 is 1.28 bits per heavy atom. The number of nitrogens with two attached hydrogens (primary N) is 1. The maximum absolute atomic E-state index is 14.8. The van der Waals surface area contributed by atoms with Gasteiger partial charge in [-0.2, -0.15) is 4.72 Å². The zero-order valence-electron chi connectivity index (χ0n) is 17.3. The average Bonchev–Trinajstić information content (AvgIpc) is 3.15. The number of aryl methyl sites for hydroxylation is 1. The monoisotopic (exact) mass is 482 g/mol. The zero-order chi connectivity index (χ0) is 23.8. The van der Waals surface area contributed by atoms with E-state index < -0.39 is 44.4 Å². The summed E-state index contributed by atoms with van der Waals surface area (Å²) in [4.78, 5) is 22.9. The van der Waals surface area contributed by atoms with Crippen LogP contribution in [0.5, 0.6) is 0 Å². The Balaban J connectivity index is 2.14. The van der Waals surface area contributed by atoms with E-state index in [1.807, 2.05) is 0 Å². The van der Waals surface area contributed by atoms with Crippen molar-refractivity contribution in [3.63, 3.8) is 0 Å². The van der Waals surface area contributed by atoms with Gasteiger partial charge in [-0.3, -0.25) is 4.79 Å². The number of rotatable bonds is 7. The largest absolute Gasteiger partial charge is 0.434 e. The minimum atomic E-state index is -4.43. The molecule has 0 aliphatic rings. The third-order valence-electron chi connectivity index (χ3n) is 5.19. The number of aromatic amines is 1. The van der Waals surface area contributed by atoms with Crippen molar-refractivity contribution in [1.82, 2.24) is 14.9 Å². The standard InChI is InChI=1S/C20H20ClFN4O5S/c1-9-4-6-14(22)16(10(9)2)11(3)17(19-24-25-20(28)31-19)26-32(29,30)15-7-5-12(21)8-13(15)18(23)27/h4-8,11,17,26H,1-3H3,(H2,23,27)(H,25,28)/t11-,17-/m1/s1. The van der Waals surface area contributed by atoms with Gasteiger partial charge in [-0.15, -0.1) is 5.10 Å². The number of aromatic nitrogens is 2. The van der Waals surface area contributed by atoms with Gasteiger partial charge in [0.1, 0.15) is 11.9 Å². The minimum Gasteiger partial charge on any atom is -0.391 e. The van der Waals surface area contributed by atoms with Crippen LogP contribution in [0.15, 0.2) is 44.4 Å². The molecule has 0 radical (unpaired) electrons. The maximum Gasteiger partial charge on any atom is 0.434 e.